The number of aryl methyl sites for hydroxylation is 1. The third-order valence-electron chi connectivity index (χ3n) is 3.67. The van der Waals surface area contributed by atoms with Crippen LogP contribution in [0.1, 0.15) is 21.6 Å². The van der Waals surface area contributed by atoms with E-state index in [0.29, 0.717) is 29.4 Å². The van der Waals surface area contributed by atoms with Crippen molar-refractivity contribution in [2.45, 2.75) is 13.3 Å². The molecule has 0 saturated carbocycles. The van der Waals surface area contributed by atoms with Gasteiger partial charge in [0, 0.05) is 29.1 Å². The van der Waals surface area contributed by atoms with Crippen LogP contribution in [0.4, 0.5) is 0 Å². The molecule has 0 spiro atoms. The second-order valence-electron chi connectivity index (χ2n) is 5.48. The number of aromatic nitrogens is 1. The van der Waals surface area contributed by atoms with Crippen molar-refractivity contribution in [1.29, 1.82) is 0 Å². The minimum atomic E-state index is -0.149. The quantitative estimate of drug-likeness (QED) is 0.754. The third-order valence-corrected chi connectivity index (χ3v) is 4.08. The van der Waals surface area contributed by atoms with E-state index in [1.165, 1.54) is 0 Å². The fraction of sp³-hybridized carbons (Fsp3) is 0.158. The van der Waals surface area contributed by atoms with Crippen molar-refractivity contribution in [3.63, 3.8) is 0 Å². The SMILES string of the molecule is Cc1ccc(C(=O)NCCc2coc(-c3ccccc3)n2)cc1Cl. The Morgan fingerprint density at radius 2 is 2.00 bits per heavy atom. The zero-order chi connectivity index (χ0) is 16.9. The van der Waals surface area contributed by atoms with Crippen LogP contribution in [0.2, 0.25) is 5.02 Å². The van der Waals surface area contributed by atoms with Crippen molar-refractivity contribution in [2.75, 3.05) is 6.54 Å². The molecule has 122 valence electrons. The van der Waals surface area contributed by atoms with Gasteiger partial charge in [0.05, 0.1) is 5.69 Å². The highest BCUT2D eigenvalue weighted by molar-refractivity contribution is 6.31. The molecule has 5 heteroatoms. The van der Waals surface area contributed by atoms with E-state index in [0.717, 1.165) is 16.8 Å². The first kappa shape index (κ1) is 16.3. The number of nitrogens with zero attached hydrogens (tertiary/aromatic N) is 1. The average Bonchev–Trinajstić information content (AvgIpc) is 3.07. The number of carbonyl (C=O) groups excluding carboxylic acids is 1. The van der Waals surface area contributed by atoms with E-state index in [1.54, 1.807) is 18.4 Å². The van der Waals surface area contributed by atoms with Crippen molar-refractivity contribution in [2.24, 2.45) is 0 Å². The smallest absolute Gasteiger partial charge is 0.251 e. The summed E-state index contributed by atoms with van der Waals surface area (Å²) in [4.78, 5) is 16.5. The lowest BCUT2D eigenvalue weighted by Gasteiger charge is -2.05. The average molecular weight is 341 g/mol. The van der Waals surface area contributed by atoms with Crippen molar-refractivity contribution < 1.29 is 9.21 Å². The maximum Gasteiger partial charge on any atom is 0.251 e. The van der Waals surface area contributed by atoms with E-state index in [4.69, 9.17) is 16.0 Å². The van der Waals surface area contributed by atoms with Crippen LogP contribution in [0.15, 0.2) is 59.2 Å². The molecule has 4 nitrogen and oxygen atoms in total. The molecule has 1 amide bonds. The van der Waals surface area contributed by atoms with Gasteiger partial charge >= 0.3 is 0 Å². The number of amides is 1. The predicted octanol–water partition coefficient (Wildman–Crippen LogP) is 4.28. The summed E-state index contributed by atoms with van der Waals surface area (Å²) < 4.78 is 5.48. The topological polar surface area (TPSA) is 55.1 Å². The van der Waals surface area contributed by atoms with E-state index in [2.05, 4.69) is 10.3 Å². The van der Waals surface area contributed by atoms with E-state index < -0.39 is 0 Å². The largest absolute Gasteiger partial charge is 0.444 e. The van der Waals surface area contributed by atoms with Crippen LogP contribution in [0.25, 0.3) is 11.5 Å². The van der Waals surface area contributed by atoms with Gasteiger partial charge in [-0.2, -0.15) is 0 Å². The Morgan fingerprint density at radius 1 is 1.21 bits per heavy atom. The number of hydrogen-bond donors (Lipinski definition) is 1. The van der Waals surface area contributed by atoms with Gasteiger partial charge in [0.25, 0.3) is 5.91 Å². The molecular weight excluding hydrogens is 324 g/mol. The maximum atomic E-state index is 12.1. The molecule has 3 rings (SSSR count). The van der Waals surface area contributed by atoms with Gasteiger partial charge in [-0.1, -0.05) is 35.9 Å². The molecule has 0 aliphatic rings. The summed E-state index contributed by atoms with van der Waals surface area (Å²) in [5.41, 5.74) is 3.23. The van der Waals surface area contributed by atoms with Gasteiger partial charge in [-0.3, -0.25) is 4.79 Å². The molecule has 0 atom stereocenters. The zero-order valence-electron chi connectivity index (χ0n) is 13.3. The number of rotatable bonds is 5. The molecule has 2 aromatic carbocycles. The first-order valence-corrected chi connectivity index (χ1v) is 8.05. The van der Waals surface area contributed by atoms with Gasteiger partial charge in [0.15, 0.2) is 0 Å². The van der Waals surface area contributed by atoms with Gasteiger partial charge < -0.3 is 9.73 Å². The van der Waals surface area contributed by atoms with Crippen LogP contribution in [-0.2, 0) is 6.42 Å². The highest BCUT2D eigenvalue weighted by Crippen LogP contribution is 2.18. The highest BCUT2D eigenvalue weighted by Gasteiger charge is 2.09. The Balaban J connectivity index is 1.56. The van der Waals surface area contributed by atoms with Crippen LogP contribution in [0.5, 0.6) is 0 Å². The summed E-state index contributed by atoms with van der Waals surface area (Å²) in [7, 11) is 0. The summed E-state index contributed by atoms with van der Waals surface area (Å²) in [6, 6.07) is 15.0. The molecule has 0 aliphatic heterocycles. The minimum absolute atomic E-state index is 0.149. The summed E-state index contributed by atoms with van der Waals surface area (Å²) in [6.07, 6.45) is 2.22. The Kier molecular flexibility index (Phi) is 4.96. The highest BCUT2D eigenvalue weighted by atomic mass is 35.5. The van der Waals surface area contributed by atoms with Crippen LogP contribution in [0, 0.1) is 6.92 Å². The molecule has 1 aromatic heterocycles. The molecule has 1 heterocycles. The Bertz CT molecular complexity index is 844. The van der Waals surface area contributed by atoms with E-state index in [1.807, 2.05) is 43.3 Å². The summed E-state index contributed by atoms with van der Waals surface area (Å²) >= 11 is 6.05. The van der Waals surface area contributed by atoms with Gasteiger partial charge in [0.2, 0.25) is 5.89 Å². The van der Waals surface area contributed by atoms with Crippen molar-refractivity contribution in [3.05, 3.63) is 76.6 Å². The Labute approximate surface area is 145 Å². The Morgan fingerprint density at radius 3 is 2.75 bits per heavy atom. The van der Waals surface area contributed by atoms with Crippen LogP contribution < -0.4 is 5.32 Å². The maximum absolute atomic E-state index is 12.1. The number of oxazole rings is 1. The number of benzene rings is 2. The minimum Gasteiger partial charge on any atom is -0.444 e. The number of carbonyl (C=O) groups is 1. The van der Waals surface area contributed by atoms with E-state index >= 15 is 0 Å². The molecule has 3 aromatic rings. The fourth-order valence-electron chi connectivity index (χ4n) is 2.28. The number of halogens is 1. The van der Waals surface area contributed by atoms with E-state index in [9.17, 15) is 4.79 Å². The molecule has 24 heavy (non-hydrogen) atoms. The second-order valence-corrected chi connectivity index (χ2v) is 5.89. The van der Waals surface area contributed by atoms with Crippen molar-refractivity contribution in [3.8, 4) is 11.5 Å². The fourth-order valence-corrected chi connectivity index (χ4v) is 2.46. The van der Waals surface area contributed by atoms with Gasteiger partial charge in [-0.25, -0.2) is 4.98 Å². The molecule has 0 fully saturated rings. The van der Waals surface area contributed by atoms with Gasteiger partial charge in [-0.15, -0.1) is 0 Å². The lowest BCUT2D eigenvalue weighted by molar-refractivity contribution is 0.0954. The van der Waals surface area contributed by atoms with Crippen LogP contribution in [0.3, 0.4) is 0 Å². The second kappa shape index (κ2) is 7.32. The monoisotopic (exact) mass is 340 g/mol. The summed E-state index contributed by atoms with van der Waals surface area (Å²) in [6.45, 7) is 2.38. The molecule has 1 N–H and O–H groups in total. The Hall–Kier alpha value is -2.59. The lowest BCUT2D eigenvalue weighted by Crippen LogP contribution is -2.25. The standard InChI is InChI=1S/C19H17ClN2O2/c1-13-7-8-15(11-17(13)20)18(23)21-10-9-16-12-24-19(22-16)14-5-3-2-4-6-14/h2-8,11-12H,9-10H2,1H3,(H,21,23). The summed E-state index contributed by atoms with van der Waals surface area (Å²) in [5.74, 6) is 0.436. The van der Waals surface area contributed by atoms with E-state index in [-0.39, 0.29) is 5.91 Å². The van der Waals surface area contributed by atoms with Crippen molar-refractivity contribution >= 4 is 17.5 Å². The molecule has 0 aliphatic carbocycles. The first-order valence-electron chi connectivity index (χ1n) is 7.67. The third kappa shape index (κ3) is 3.84. The first-order chi connectivity index (χ1) is 11.6. The van der Waals surface area contributed by atoms with Gasteiger partial charge in [0.1, 0.15) is 6.26 Å². The number of hydrogen-bond acceptors (Lipinski definition) is 3. The predicted molar refractivity (Wildman–Crippen MR) is 94.2 cm³/mol. The van der Waals surface area contributed by atoms with Crippen LogP contribution in [-0.4, -0.2) is 17.4 Å². The van der Waals surface area contributed by atoms with Crippen molar-refractivity contribution in [1.82, 2.24) is 10.3 Å². The van der Waals surface area contributed by atoms with Crippen LogP contribution >= 0.6 is 11.6 Å². The molecule has 0 saturated heterocycles. The normalized spacial score (nSPS) is 10.6. The molecule has 0 radical (unpaired) electrons. The molecular formula is C19H17ClN2O2. The molecule has 0 bridgehead atoms. The zero-order valence-corrected chi connectivity index (χ0v) is 14.0. The molecule has 0 unspecified atom stereocenters. The van der Waals surface area contributed by atoms with Gasteiger partial charge in [-0.05, 0) is 36.8 Å². The summed E-state index contributed by atoms with van der Waals surface area (Å²) in [5, 5.41) is 3.45. The lowest BCUT2D eigenvalue weighted by atomic mass is 10.1. The number of nitrogens with one attached hydrogen (secondary N) is 1.